The highest BCUT2D eigenvalue weighted by Gasteiger charge is 2.15. The van der Waals surface area contributed by atoms with Gasteiger partial charge in [-0.15, -0.1) is 0 Å². The predicted molar refractivity (Wildman–Crippen MR) is 48.6 cm³/mol. The molecule has 0 unspecified atom stereocenters. The Labute approximate surface area is 85.2 Å². The lowest BCUT2D eigenvalue weighted by Crippen LogP contribution is -2.22. The molecule has 1 aromatic carbocycles. The van der Waals surface area contributed by atoms with Crippen molar-refractivity contribution in [1.29, 1.82) is 0 Å². The highest BCUT2D eigenvalue weighted by Crippen LogP contribution is 2.27. The zero-order valence-electron chi connectivity index (χ0n) is 7.93. The predicted octanol–water partition coefficient (Wildman–Crippen LogP) is 0.357. The molecular weight excluding hydrogens is 202 g/mol. The Hall–Kier alpha value is -2.11. The summed E-state index contributed by atoms with van der Waals surface area (Å²) in [6.07, 6.45) is 0. The van der Waals surface area contributed by atoms with Crippen LogP contribution in [-0.4, -0.2) is 17.5 Å². The number of hydrogen-bond donors (Lipinski definition) is 0. The Kier molecular flexibility index (Phi) is 3.22. The van der Waals surface area contributed by atoms with Crippen LogP contribution < -0.4 is 9.84 Å². The molecule has 0 saturated heterocycles. The average molecular weight is 210 g/mol. The Morgan fingerprint density at radius 2 is 2.20 bits per heavy atom. The van der Waals surface area contributed by atoms with Gasteiger partial charge in [0.25, 0.3) is 0 Å². The molecule has 6 nitrogen and oxygen atoms in total. The second-order valence-corrected chi connectivity index (χ2v) is 2.66. The fraction of sp³-hybridized carbons (Fsp3) is 0.222. The van der Waals surface area contributed by atoms with Gasteiger partial charge in [-0.05, 0) is 19.1 Å². The Balaban J connectivity index is 3.20. The second kappa shape index (κ2) is 4.41. The topological polar surface area (TPSA) is 92.5 Å². The van der Waals surface area contributed by atoms with Gasteiger partial charge >= 0.3 is 5.69 Å². The largest absolute Gasteiger partial charge is 0.545 e. The molecule has 0 aliphatic rings. The Morgan fingerprint density at radius 1 is 1.53 bits per heavy atom. The van der Waals surface area contributed by atoms with Crippen molar-refractivity contribution in [2.45, 2.75) is 6.92 Å². The number of rotatable bonds is 4. The number of benzene rings is 1. The maximum atomic E-state index is 10.6. The molecule has 15 heavy (non-hydrogen) atoms. The fourth-order valence-corrected chi connectivity index (χ4v) is 1.06. The van der Waals surface area contributed by atoms with Crippen molar-refractivity contribution >= 4 is 11.7 Å². The van der Waals surface area contributed by atoms with Crippen molar-refractivity contribution in [2.24, 2.45) is 0 Å². The number of carboxylic acids is 1. The van der Waals surface area contributed by atoms with Crippen LogP contribution in [0.4, 0.5) is 5.69 Å². The van der Waals surface area contributed by atoms with Crippen molar-refractivity contribution in [1.82, 2.24) is 0 Å². The summed E-state index contributed by atoms with van der Waals surface area (Å²) in [6, 6.07) is 3.36. The number of nitro benzene ring substituents is 1. The third kappa shape index (κ3) is 2.43. The molecule has 0 aliphatic heterocycles. The van der Waals surface area contributed by atoms with E-state index in [1.165, 1.54) is 12.1 Å². The van der Waals surface area contributed by atoms with Crippen LogP contribution in [0.15, 0.2) is 18.2 Å². The maximum absolute atomic E-state index is 10.6. The van der Waals surface area contributed by atoms with Crippen LogP contribution in [0, 0.1) is 10.1 Å². The number of ether oxygens (including phenoxy) is 1. The molecule has 0 spiro atoms. The van der Waals surface area contributed by atoms with Crippen LogP contribution >= 0.6 is 0 Å². The first-order valence-corrected chi connectivity index (χ1v) is 4.18. The van der Waals surface area contributed by atoms with E-state index in [1.807, 2.05) is 0 Å². The summed E-state index contributed by atoms with van der Waals surface area (Å²) in [4.78, 5) is 20.4. The molecule has 0 heterocycles. The van der Waals surface area contributed by atoms with E-state index in [1.54, 1.807) is 6.92 Å². The van der Waals surface area contributed by atoms with Crippen molar-refractivity contribution in [2.75, 3.05) is 6.61 Å². The summed E-state index contributed by atoms with van der Waals surface area (Å²) in [5.74, 6) is -1.41. The fourth-order valence-electron chi connectivity index (χ4n) is 1.06. The molecular formula is C9H8NO5-. The quantitative estimate of drug-likeness (QED) is 0.528. The van der Waals surface area contributed by atoms with Gasteiger partial charge < -0.3 is 14.6 Å². The number of carboxylic acid groups (broad SMARTS) is 1. The lowest BCUT2D eigenvalue weighted by Gasteiger charge is -2.06. The summed E-state index contributed by atoms with van der Waals surface area (Å²) in [6.45, 7) is 1.95. The number of hydrogen-bond acceptors (Lipinski definition) is 5. The van der Waals surface area contributed by atoms with E-state index in [9.17, 15) is 20.0 Å². The molecule has 0 amide bonds. The molecule has 0 radical (unpaired) electrons. The van der Waals surface area contributed by atoms with Gasteiger partial charge in [-0.2, -0.15) is 0 Å². The van der Waals surface area contributed by atoms with Gasteiger partial charge in [-0.25, -0.2) is 0 Å². The molecule has 0 bridgehead atoms. The van der Waals surface area contributed by atoms with Crippen LogP contribution in [0.3, 0.4) is 0 Å². The number of carbonyl (C=O) groups is 1. The van der Waals surface area contributed by atoms with Gasteiger partial charge in [0.05, 0.1) is 17.5 Å². The van der Waals surface area contributed by atoms with E-state index >= 15 is 0 Å². The molecule has 1 rings (SSSR count). The van der Waals surface area contributed by atoms with Gasteiger partial charge in [0.15, 0.2) is 5.75 Å². The number of aromatic carboxylic acids is 1. The first-order chi connectivity index (χ1) is 7.06. The highest BCUT2D eigenvalue weighted by molar-refractivity contribution is 5.87. The third-order valence-corrected chi connectivity index (χ3v) is 1.69. The Bertz CT molecular complexity index is 401. The molecule has 0 aromatic heterocycles. The van der Waals surface area contributed by atoms with Gasteiger partial charge in [-0.3, -0.25) is 10.1 Å². The van der Waals surface area contributed by atoms with Crippen molar-refractivity contribution in [3.63, 3.8) is 0 Å². The lowest BCUT2D eigenvalue weighted by molar-refractivity contribution is -0.386. The Morgan fingerprint density at radius 3 is 2.67 bits per heavy atom. The lowest BCUT2D eigenvalue weighted by atomic mass is 10.2. The SMILES string of the molecule is CCOc1ccc(C(=O)[O-])cc1[N+](=O)[O-]. The first kappa shape index (κ1) is 11.0. The number of nitro groups is 1. The monoisotopic (exact) mass is 210 g/mol. The standard InChI is InChI=1S/C9H9NO5/c1-2-15-8-4-3-6(9(11)12)5-7(8)10(13)14/h3-5H,2H2,1H3,(H,11,12)/p-1. The number of nitrogens with zero attached hydrogens (tertiary/aromatic N) is 1. The van der Waals surface area contributed by atoms with Crippen molar-refractivity contribution in [3.8, 4) is 5.75 Å². The molecule has 6 heteroatoms. The maximum Gasteiger partial charge on any atom is 0.311 e. The van der Waals surface area contributed by atoms with Crippen LogP contribution in [-0.2, 0) is 0 Å². The minimum Gasteiger partial charge on any atom is -0.545 e. The van der Waals surface area contributed by atoms with Gasteiger partial charge in [0, 0.05) is 11.6 Å². The van der Waals surface area contributed by atoms with E-state index in [-0.39, 0.29) is 23.6 Å². The van der Waals surface area contributed by atoms with Crippen molar-refractivity contribution in [3.05, 3.63) is 33.9 Å². The normalized spacial score (nSPS) is 9.67. The van der Waals surface area contributed by atoms with Gasteiger partial charge in [-0.1, -0.05) is 0 Å². The molecule has 0 N–H and O–H groups in total. The minimum absolute atomic E-state index is 0.0486. The van der Waals surface area contributed by atoms with E-state index in [0.29, 0.717) is 0 Å². The molecule has 0 atom stereocenters. The smallest absolute Gasteiger partial charge is 0.311 e. The molecule has 1 aromatic rings. The second-order valence-electron chi connectivity index (χ2n) is 2.66. The summed E-state index contributed by atoms with van der Waals surface area (Å²) in [5.41, 5.74) is -0.622. The zero-order chi connectivity index (χ0) is 11.4. The van der Waals surface area contributed by atoms with E-state index < -0.39 is 10.9 Å². The van der Waals surface area contributed by atoms with Crippen LogP contribution in [0.5, 0.6) is 5.75 Å². The van der Waals surface area contributed by atoms with E-state index in [2.05, 4.69) is 0 Å². The zero-order valence-corrected chi connectivity index (χ0v) is 7.93. The molecule has 0 fully saturated rings. The molecule has 0 aliphatic carbocycles. The van der Waals surface area contributed by atoms with E-state index in [0.717, 1.165) is 6.07 Å². The van der Waals surface area contributed by atoms with Crippen LogP contribution in [0.1, 0.15) is 17.3 Å². The summed E-state index contributed by atoms with van der Waals surface area (Å²) in [7, 11) is 0. The summed E-state index contributed by atoms with van der Waals surface area (Å²) < 4.78 is 4.98. The van der Waals surface area contributed by atoms with Crippen molar-refractivity contribution < 1.29 is 19.6 Å². The van der Waals surface area contributed by atoms with Crippen LogP contribution in [0.2, 0.25) is 0 Å². The number of carbonyl (C=O) groups excluding carboxylic acids is 1. The highest BCUT2D eigenvalue weighted by atomic mass is 16.6. The molecule has 80 valence electrons. The minimum atomic E-state index is -1.46. The van der Waals surface area contributed by atoms with E-state index in [4.69, 9.17) is 4.74 Å². The van der Waals surface area contributed by atoms with Crippen LogP contribution in [0.25, 0.3) is 0 Å². The first-order valence-electron chi connectivity index (χ1n) is 4.18. The molecule has 0 saturated carbocycles. The third-order valence-electron chi connectivity index (χ3n) is 1.69. The average Bonchev–Trinajstić information content (AvgIpc) is 2.18. The van der Waals surface area contributed by atoms with Gasteiger partial charge in [0.2, 0.25) is 0 Å². The summed E-state index contributed by atoms with van der Waals surface area (Å²) >= 11 is 0. The van der Waals surface area contributed by atoms with Gasteiger partial charge in [0.1, 0.15) is 0 Å². The summed E-state index contributed by atoms with van der Waals surface area (Å²) in [5, 5.41) is 21.1.